The maximum absolute atomic E-state index is 12.5. The van der Waals surface area contributed by atoms with Gasteiger partial charge in [-0.15, -0.1) is 11.3 Å². The number of ether oxygens (including phenoxy) is 2. The zero-order valence-electron chi connectivity index (χ0n) is 14.9. The predicted molar refractivity (Wildman–Crippen MR) is 109 cm³/mol. The Hall–Kier alpha value is -2.50. The fourth-order valence-corrected chi connectivity index (χ4v) is 4.70. The molecule has 1 atom stereocenters. The molecule has 6 heteroatoms. The average molecular weight is 400 g/mol. The van der Waals surface area contributed by atoms with Gasteiger partial charge in [-0.3, -0.25) is 4.79 Å². The van der Waals surface area contributed by atoms with Crippen molar-refractivity contribution in [3.8, 4) is 22.6 Å². The van der Waals surface area contributed by atoms with E-state index in [2.05, 4.69) is 10.7 Å². The molecule has 0 aliphatic carbocycles. The van der Waals surface area contributed by atoms with E-state index >= 15 is 0 Å². The van der Waals surface area contributed by atoms with Gasteiger partial charge in [-0.2, -0.15) is 0 Å². The predicted octanol–water partition coefficient (Wildman–Crippen LogP) is 5.56. The first-order valence-corrected chi connectivity index (χ1v) is 9.75. The van der Waals surface area contributed by atoms with Crippen molar-refractivity contribution >= 4 is 34.5 Å². The molecule has 0 fully saturated rings. The fraction of sp³-hybridized carbons (Fsp3) is 0.190. The highest BCUT2D eigenvalue weighted by molar-refractivity contribution is 7.11. The van der Waals surface area contributed by atoms with Crippen LogP contribution in [0.2, 0.25) is 5.02 Å². The normalized spacial score (nSPS) is 15.8. The molecule has 1 aliphatic rings. The molecule has 3 aromatic rings. The van der Waals surface area contributed by atoms with Crippen molar-refractivity contribution in [1.82, 2.24) is 0 Å². The lowest BCUT2D eigenvalue weighted by Gasteiger charge is -2.25. The monoisotopic (exact) mass is 399 g/mol. The van der Waals surface area contributed by atoms with Crippen LogP contribution in [-0.2, 0) is 4.79 Å². The molecule has 1 unspecified atom stereocenters. The Labute approximate surface area is 166 Å². The summed E-state index contributed by atoms with van der Waals surface area (Å²) < 4.78 is 10.9. The van der Waals surface area contributed by atoms with E-state index in [-0.39, 0.29) is 11.8 Å². The quantitative estimate of drug-likeness (QED) is 0.624. The van der Waals surface area contributed by atoms with Crippen molar-refractivity contribution in [1.29, 1.82) is 0 Å². The summed E-state index contributed by atoms with van der Waals surface area (Å²) in [5.41, 5.74) is 3.90. The van der Waals surface area contributed by atoms with Gasteiger partial charge < -0.3 is 14.8 Å². The van der Waals surface area contributed by atoms with Gasteiger partial charge in [0.25, 0.3) is 0 Å². The van der Waals surface area contributed by atoms with Gasteiger partial charge >= 0.3 is 0 Å². The van der Waals surface area contributed by atoms with E-state index in [1.54, 1.807) is 25.6 Å². The molecule has 2 aromatic carbocycles. The number of fused-ring (bicyclic) bond motifs is 1. The Balaban J connectivity index is 1.81. The first-order chi connectivity index (χ1) is 13.1. The lowest BCUT2D eigenvalue weighted by atomic mass is 9.88. The summed E-state index contributed by atoms with van der Waals surface area (Å²) >= 11 is 7.66. The first-order valence-electron chi connectivity index (χ1n) is 8.49. The van der Waals surface area contributed by atoms with Crippen LogP contribution >= 0.6 is 22.9 Å². The van der Waals surface area contributed by atoms with E-state index in [0.29, 0.717) is 11.4 Å². The van der Waals surface area contributed by atoms with Gasteiger partial charge in [0.05, 0.1) is 19.9 Å². The second-order valence-corrected chi connectivity index (χ2v) is 7.66. The Morgan fingerprint density at radius 1 is 1.11 bits per heavy atom. The molecule has 0 saturated carbocycles. The zero-order chi connectivity index (χ0) is 19.0. The minimum absolute atomic E-state index is 0.000940. The lowest BCUT2D eigenvalue weighted by Crippen LogP contribution is -2.22. The Bertz CT molecular complexity index is 997. The van der Waals surface area contributed by atoms with Crippen LogP contribution < -0.4 is 14.8 Å². The van der Waals surface area contributed by atoms with Crippen LogP contribution in [0.15, 0.2) is 47.8 Å². The number of rotatable bonds is 4. The van der Waals surface area contributed by atoms with Gasteiger partial charge in [-0.05, 0) is 23.8 Å². The van der Waals surface area contributed by atoms with Crippen molar-refractivity contribution in [2.75, 3.05) is 19.5 Å². The van der Waals surface area contributed by atoms with E-state index in [4.69, 9.17) is 21.1 Å². The molecule has 0 radical (unpaired) electrons. The largest absolute Gasteiger partial charge is 0.497 e. The van der Waals surface area contributed by atoms with Crippen LogP contribution in [0.4, 0.5) is 5.69 Å². The molecule has 4 nitrogen and oxygen atoms in total. The second-order valence-electron chi connectivity index (χ2n) is 6.31. The van der Waals surface area contributed by atoms with Gasteiger partial charge in [0.15, 0.2) is 0 Å². The van der Waals surface area contributed by atoms with E-state index in [9.17, 15) is 4.79 Å². The topological polar surface area (TPSA) is 47.6 Å². The van der Waals surface area contributed by atoms with Crippen molar-refractivity contribution in [2.24, 2.45) is 0 Å². The number of methoxy groups -OCH3 is 2. The molecule has 0 spiro atoms. The number of carbonyl (C=O) groups excluding carboxylic acids is 1. The molecule has 1 N–H and O–H groups in total. The molecule has 138 valence electrons. The van der Waals surface area contributed by atoms with Crippen molar-refractivity contribution in [3.63, 3.8) is 0 Å². The summed E-state index contributed by atoms with van der Waals surface area (Å²) in [5.74, 6) is 1.39. The number of amides is 1. The van der Waals surface area contributed by atoms with Crippen LogP contribution in [0.25, 0.3) is 11.1 Å². The summed E-state index contributed by atoms with van der Waals surface area (Å²) in [4.78, 5) is 13.6. The van der Waals surface area contributed by atoms with E-state index in [1.807, 2.05) is 42.5 Å². The third-order valence-corrected chi connectivity index (χ3v) is 6.11. The summed E-state index contributed by atoms with van der Waals surface area (Å²) in [7, 11) is 3.26. The number of nitrogens with one attached hydrogen (secondary N) is 1. The minimum atomic E-state index is -0.0549. The van der Waals surface area contributed by atoms with Gasteiger partial charge in [0.2, 0.25) is 5.91 Å². The van der Waals surface area contributed by atoms with Crippen molar-refractivity contribution in [2.45, 2.75) is 12.3 Å². The Morgan fingerprint density at radius 2 is 1.89 bits per heavy atom. The third-order valence-electron chi connectivity index (χ3n) is 4.76. The van der Waals surface area contributed by atoms with E-state index in [1.165, 1.54) is 0 Å². The number of hydrogen-bond donors (Lipinski definition) is 1. The van der Waals surface area contributed by atoms with Crippen molar-refractivity contribution < 1.29 is 14.3 Å². The minimum Gasteiger partial charge on any atom is -0.497 e. The smallest absolute Gasteiger partial charge is 0.225 e. The van der Waals surface area contributed by atoms with Gasteiger partial charge in [-0.25, -0.2) is 0 Å². The highest BCUT2D eigenvalue weighted by Crippen LogP contribution is 2.48. The lowest BCUT2D eigenvalue weighted by molar-refractivity contribution is -0.116. The summed E-state index contributed by atoms with van der Waals surface area (Å²) in [6, 6.07) is 13.4. The second kappa shape index (κ2) is 7.25. The molecular weight excluding hydrogens is 382 g/mol. The summed E-state index contributed by atoms with van der Waals surface area (Å²) in [5, 5.41) is 5.83. The van der Waals surface area contributed by atoms with Crippen LogP contribution in [0.1, 0.15) is 22.8 Å². The number of carbonyl (C=O) groups is 1. The highest BCUT2D eigenvalue weighted by atomic mass is 35.5. The van der Waals surface area contributed by atoms with E-state index < -0.39 is 0 Å². The number of thiophene rings is 1. The van der Waals surface area contributed by atoms with Crippen LogP contribution in [-0.4, -0.2) is 20.1 Å². The molecule has 1 aromatic heterocycles. The van der Waals surface area contributed by atoms with Crippen molar-refractivity contribution in [3.05, 3.63) is 63.3 Å². The Morgan fingerprint density at radius 3 is 2.59 bits per heavy atom. The average Bonchev–Trinajstić information content (AvgIpc) is 3.11. The number of halogens is 1. The molecular formula is C21H18ClNO3S. The van der Waals surface area contributed by atoms with Crippen LogP contribution in [0, 0.1) is 0 Å². The maximum atomic E-state index is 12.5. The van der Waals surface area contributed by atoms with Gasteiger partial charge in [0.1, 0.15) is 11.5 Å². The Kier molecular flexibility index (Phi) is 4.81. The molecule has 4 rings (SSSR count). The summed E-state index contributed by atoms with van der Waals surface area (Å²) in [6.45, 7) is 0. The number of hydrogen-bond acceptors (Lipinski definition) is 4. The molecule has 0 saturated heterocycles. The van der Waals surface area contributed by atoms with E-state index in [0.717, 1.165) is 38.8 Å². The van der Waals surface area contributed by atoms with Crippen LogP contribution in [0.3, 0.4) is 0 Å². The first kappa shape index (κ1) is 17.9. The SMILES string of the molecule is COc1ccc(C2CC(=O)Nc3c(-c4ccc(Cl)cc4)csc32)c(OC)c1. The molecule has 1 aliphatic heterocycles. The summed E-state index contributed by atoms with van der Waals surface area (Å²) in [6.07, 6.45) is 0.385. The third kappa shape index (κ3) is 3.29. The number of anilines is 1. The standard InChI is InChI=1S/C21H18ClNO3S/c1-25-14-7-8-15(18(9-14)26-2)16-10-19(24)23-20-17(11-27-21(16)20)12-3-5-13(22)6-4-12/h3-9,11,16H,10H2,1-2H3,(H,23,24). The van der Waals surface area contributed by atoms with Gasteiger partial charge in [0, 0.05) is 44.8 Å². The highest BCUT2D eigenvalue weighted by Gasteiger charge is 2.32. The van der Waals surface area contributed by atoms with Gasteiger partial charge in [-0.1, -0.05) is 29.8 Å². The molecule has 27 heavy (non-hydrogen) atoms. The molecule has 0 bridgehead atoms. The fourth-order valence-electron chi connectivity index (χ4n) is 3.43. The molecule has 2 heterocycles. The number of benzene rings is 2. The maximum Gasteiger partial charge on any atom is 0.225 e. The zero-order valence-corrected chi connectivity index (χ0v) is 16.5. The molecule has 1 amide bonds. The van der Waals surface area contributed by atoms with Crippen LogP contribution in [0.5, 0.6) is 11.5 Å².